The van der Waals surface area contributed by atoms with Crippen LogP contribution >= 0.6 is 11.8 Å². The first-order valence-electron chi connectivity index (χ1n) is 9.50. The van der Waals surface area contributed by atoms with Crippen molar-refractivity contribution >= 4 is 29.0 Å². The van der Waals surface area contributed by atoms with E-state index >= 15 is 0 Å². The molecule has 10 heteroatoms. The van der Waals surface area contributed by atoms with Crippen LogP contribution in [0, 0.1) is 24.0 Å². The van der Waals surface area contributed by atoms with Crippen molar-refractivity contribution in [3.05, 3.63) is 63.2 Å². The number of nitro benzene ring substituents is 1. The summed E-state index contributed by atoms with van der Waals surface area (Å²) in [4.78, 5) is 25.2. The van der Waals surface area contributed by atoms with Gasteiger partial charge in [0.1, 0.15) is 0 Å². The number of anilines is 1. The van der Waals surface area contributed by atoms with Crippen molar-refractivity contribution < 1.29 is 9.72 Å². The fourth-order valence-electron chi connectivity index (χ4n) is 3.62. The molecule has 3 aromatic rings. The number of carbonyl (C=O) groups excluding carboxylic acids is 1. The Morgan fingerprint density at radius 2 is 2.00 bits per heavy atom. The van der Waals surface area contributed by atoms with Crippen molar-refractivity contribution in [3.8, 4) is 5.69 Å². The molecular weight excluding hydrogens is 404 g/mol. The van der Waals surface area contributed by atoms with Crippen molar-refractivity contribution in [2.24, 2.45) is 0 Å². The van der Waals surface area contributed by atoms with E-state index in [1.165, 1.54) is 17.8 Å². The third-order valence-corrected chi connectivity index (χ3v) is 5.94. The third kappa shape index (κ3) is 3.90. The van der Waals surface area contributed by atoms with Gasteiger partial charge in [0.25, 0.3) is 5.69 Å². The highest BCUT2D eigenvalue weighted by Gasteiger charge is 2.25. The molecule has 9 nitrogen and oxygen atoms in total. The van der Waals surface area contributed by atoms with E-state index in [9.17, 15) is 14.9 Å². The molecule has 1 amide bonds. The first kappa shape index (κ1) is 20.0. The zero-order valence-electron chi connectivity index (χ0n) is 16.6. The number of hydrogen-bond acceptors (Lipinski definition) is 7. The summed E-state index contributed by atoms with van der Waals surface area (Å²) in [5.74, 6) is 0.0896. The summed E-state index contributed by atoms with van der Waals surface area (Å²) >= 11 is 1.27. The second-order valence-electron chi connectivity index (χ2n) is 7.17. The van der Waals surface area contributed by atoms with Gasteiger partial charge in [0.05, 0.1) is 16.4 Å². The van der Waals surface area contributed by atoms with E-state index < -0.39 is 4.92 Å². The number of carbonyl (C=O) groups is 1. The number of nitrogens with zero attached hydrogens (tertiary/aromatic N) is 6. The topological polar surface area (TPSA) is 107 Å². The van der Waals surface area contributed by atoms with E-state index in [2.05, 4.69) is 21.6 Å². The Morgan fingerprint density at radius 3 is 2.77 bits per heavy atom. The molecule has 1 aliphatic rings. The van der Waals surface area contributed by atoms with Crippen LogP contribution in [0.4, 0.5) is 11.4 Å². The number of amides is 1. The smallest absolute Gasteiger partial charge is 0.269 e. The number of non-ortho nitro benzene ring substituents is 1. The highest BCUT2D eigenvalue weighted by atomic mass is 32.2. The van der Waals surface area contributed by atoms with Crippen molar-refractivity contribution in [2.45, 2.75) is 31.8 Å². The Morgan fingerprint density at radius 1 is 1.20 bits per heavy atom. The number of thioether (sulfide) groups is 1. The number of aromatic nitrogens is 4. The molecular formula is C20H20N6O3S. The van der Waals surface area contributed by atoms with Crippen molar-refractivity contribution in [1.82, 2.24) is 20.2 Å². The van der Waals surface area contributed by atoms with Crippen LogP contribution in [0.3, 0.4) is 0 Å². The number of fused-ring (bicyclic) bond motifs is 1. The van der Waals surface area contributed by atoms with Crippen LogP contribution in [0.5, 0.6) is 0 Å². The highest BCUT2D eigenvalue weighted by Crippen LogP contribution is 2.31. The lowest BCUT2D eigenvalue weighted by atomic mass is 10.0. The van der Waals surface area contributed by atoms with Crippen LogP contribution in [0.2, 0.25) is 0 Å². The fourth-order valence-corrected chi connectivity index (χ4v) is 4.38. The number of hydrogen-bond donors (Lipinski definition) is 0. The van der Waals surface area contributed by atoms with E-state index in [0.717, 1.165) is 40.9 Å². The van der Waals surface area contributed by atoms with Gasteiger partial charge in [-0.2, -0.15) is 4.68 Å². The maximum atomic E-state index is 12.9. The van der Waals surface area contributed by atoms with Crippen LogP contribution in [-0.4, -0.2) is 43.3 Å². The lowest BCUT2D eigenvalue weighted by Gasteiger charge is -2.29. The zero-order chi connectivity index (χ0) is 21.3. The number of tetrazole rings is 1. The van der Waals surface area contributed by atoms with E-state index in [4.69, 9.17) is 0 Å². The molecule has 0 bridgehead atoms. The van der Waals surface area contributed by atoms with Crippen LogP contribution in [0.1, 0.15) is 23.1 Å². The largest absolute Gasteiger partial charge is 0.311 e. The molecule has 0 N–H and O–H groups in total. The first-order chi connectivity index (χ1) is 14.4. The molecule has 30 heavy (non-hydrogen) atoms. The number of aryl methyl sites for hydroxylation is 3. The lowest BCUT2D eigenvalue weighted by Crippen LogP contribution is -2.36. The van der Waals surface area contributed by atoms with E-state index in [1.54, 1.807) is 21.7 Å². The van der Waals surface area contributed by atoms with Crippen molar-refractivity contribution in [3.63, 3.8) is 0 Å². The molecule has 1 aliphatic heterocycles. The van der Waals surface area contributed by atoms with Crippen LogP contribution in [-0.2, 0) is 11.2 Å². The molecule has 0 radical (unpaired) electrons. The highest BCUT2D eigenvalue weighted by molar-refractivity contribution is 7.99. The van der Waals surface area contributed by atoms with E-state index in [-0.39, 0.29) is 17.3 Å². The minimum Gasteiger partial charge on any atom is -0.311 e. The quantitative estimate of drug-likeness (QED) is 0.351. The minimum absolute atomic E-state index is 0.0464. The molecule has 2 heterocycles. The molecule has 1 aromatic heterocycles. The average molecular weight is 424 g/mol. The van der Waals surface area contributed by atoms with Gasteiger partial charge in [-0.25, -0.2) is 0 Å². The summed E-state index contributed by atoms with van der Waals surface area (Å²) in [5.41, 5.74) is 4.68. The van der Waals surface area contributed by atoms with Crippen molar-refractivity contribution in [1.29, 1.82) is 0 Å². The van der Waals surface area contributed by atoms with Crippen LogP contribution in [0.15, 0.2) is 41.6 Å². The SMILES string of the molecule is Cc1ccc(-n2nnnc2SCC(=O)N2CCCc3cc([N+](=O)[O-])ccc32)c(C)c1. The molecule has 0 unspecified atom stereocenters. The van der Waals surface area contributed by atoms with Gasteiger partial charge in [-0.05, 0) is 60.4 Å². The Kier molecular flexibility index (Phi) is 5.49. The minimum atomic E-state index is -0.413. The maximum absolute atomic E-state index is 12.9. The van der Waals surface area contributed by atoms with Gasteiger partial charge in [0, 0.05) is 24.4 Å². The standard InChI is InChI=1S/C20H20N6O3S/c1-13-5-7-17(14(2)10-13)25-20(21-22-23-25)30-12-19(27)24-9-3-4-15-11-16(26(28)29)6-8-18(15)24/h5-8,10-11H,3-4,9,12H2,1-2H3. The molecule has 0 aliphatic carbocycles. The summed E-state index contributed by atoms with van der Waals surface area (Å²) < 4.78 is 1.64. The third-order valence-electron chi connectivity index (χ3n) is 5.04. The maximum Gasteiger partial charge on any atom is 0.269 e. The summed E-state index contributed by atoms with van der Waals surface area (Å²) in [6.07, 6.45) is 1.49. The molecule has 0 atom stereocenters. The Balaban J connectivity index is 1.51. The summed E-state index contributed by atoms with van der Waals surface area (Å²) in [7, 11) is 0. The van der Waals surface area contributed by atoms with E-state index in [0.29, 0.717) is 11.7 Å². The number of benzene rings is 2. The van der Waals surface area contributed by atoms with Gasteiger partial charge in [-0.15, -0.1) is 5.10 Å². The van der Waals surface area contributed by atoms with Gasteiger partial charge in [0.15, 0.2) is 0 Å². The lowest BCUT2D eigenvalue weighted by molar-refractivity contribution is -0.384. The number of rotatable bonds is 5. The first-order valence-corrected chi connectivity index (χ1v) is 10.5. The van der Waals surface area contributed by atoms with Gasteiger partial charge in [-0.1, -0.05) is 29.5 Å². The summed E-state index contributed by atoms with van der Waals surface area (Å²) in [6, 6.07) is 10.7. The fraction of sp³-hybridized carbons (Fsp3) is 0.300. The Hall–Kier alpha value is -3.27. The average Bonchev–Trinajstić information content (AvgIpc) is 3.19. The predicted molar refractivity (Wildman–Crippen MR) is 113 cm³/mol. The van der Waals surface area contributed by atoms with Gasteiger partial charge < -0.3 is 4.90 Å². The van der Waals surface area contributed by atoms with Gasteiger partial charge in [-0.3, -0.25) is 14.9 Å². The molecule has 0 fully saturated rings. The van der Waals surface area contributed by atoms with E-state index in [1.807, 2.05) is 26.0 Å². The van der Waals surface area contributed by atoms with Crippen molar-refractivity contribution in [2.75, 3.05) is 17.2 Å². The predicted octanol–water partition coefficient (Wildman–Crippen LogP) is 3.26. The summed E-state index contributed by atoms with van der Waals surface area (Å²) in [6.45, 7) is 4.61. The second-order valence-corrected chi connectivity index (χ2v) is 8.11. The Labute approximate surface area is 177 Å². The molecule has 0 saturated heterocycles. The normalized spacial score (nSPS) is 13.2. The molecule has 154 valence electrons. The number of nitro groups is 1. The Bertz CT molecular complexity index is 1130. The molecule has 2 aromatic carbocycles. The summed E-state index contributed by atoms with van der Waals surface area (Å²) in [5, 5.41) is 23.5. The zero-order valence-corrected chi connectivity index (χ0v) is 17.4. The molecule has 4 rings (SSSR count). The van der Waals surface area contributed by atoms with Gasteiger partial charge >= 0.3 is 0 Å². The van der Waals surface area contributed by atoms with Gasteiger partial charge in [0.2, 0.25) is 11.1 Å². The molecule has 0 saturated carbocycles. The monoisotopic (exact) mass is 424 g/mol. The van der Waals surface area contributed by atoms with Crippen LogP contribution in [0.25, 0.3) is 5.69 Å². The van der Waals surface area contributed by atoms with Crippen LogP contribution < -0.4 is 4.90 Å². The molecule has 0 spiro atoms. The second kappa shape index (κ2) is 8.23.